The lowest BCUT2D eigenvalue weighted by atomic mass is 10.1. The zero-order valence-corrected chi connectivity index (χ0v) is 9.96. The lowest BCUT2D eigenvalue weighted by Crippen LogP contribution is -1.99. The van der Waals surface area contributed by atoms with E-state index in [1.54, 1.807) is 6.20 Å². The molecule has 1 aliphatic rings. The highest BCUT2D eigenvalue weighted by atomic mass is 16.6. The number of unbranched alkanes of at least 4 members (excludes halogenated alkanes) is 1. The van der Waals surface area contributed by atoms with Gasteiger partial charge in [0.1, 0.15) is 6.10 Å². The highest BCUT2D eigenvalue weighted by Crippen LogP contribution is 2.41. The van der Waals surface area contributed by atoms with E-state index in [0.29, 0.717) is 12.5 Å². The molecule has 2 rings (SSSR count). The molecule has 0 bridgehead atoms. The number of methoxy groups -OCH3 is 1. The van der Waals surface area contributed by atoms with Gasteiger partial charge in [0.05, 0.1) is 13.2 Å². The van der Waals surface area contributed by atoms with Crippen LogP contribution in [0.25, 0.3) is 0 Å². The van der Waals surface area contributed by atoms with Crippen LogP contribution in [0.1, 0.15) is 37.4 Å². The maximum Gasteiger partial charge on any atom is 0.305 e. The lowest BCUT2D eigenvalue weighted by molar-refractivity contribution is -0.140. The highest BCUT2D eigenvalue weighted by Gasteiger charge is 2.39. The first-order valence-corrected chi connectivity index (χ1v) is 5.93. The number of rotatable bonds is 6. The van der Waals surface area contributed by atoms with Gasteiger partial charge in [-0.15, -0.1) is 0 Å². The minimum atomic E-state index is -0.134. The highest BCUT2D eigenvalue weighted by molar-refractivity contribution is 5.68. The first kappa shape index (κ1) is 12.0. The van der Waals surface area contributed by atoms with Crippen molar-refractivity contribution in [3.63, 3.8) is 0 Å². The van der Waals surface area contributed by atoms with Gasteiger partial charge >= 0.3 is 5.97 Å². The third-order valence-corrected chi connectivity index (χ3v) is 2.94. The molecule has 17 heavy (non-hydrogen) atoms. The fraction of sp³-hybridized carbons (Fsp3) is 0.538. The van der Waals surface area contributed by atoms with Crippen LogP contribution < -0.4 is 0 Å². The summed E-state index contributed by atoms with van der Waals surface area (Å²) in [6.45, 7) is 0. The maximum atomic E-state index is 10.9. The summed E-state index contributed by atoms with van der Waals surface area (Å²) < 4.78 is 10.2. The summed E-state index contributed by atoms with van der Waals surface area (Å²) in [4.78, 5) is 15.0. The molecule has 0 saturated carbocycles. The summed E-state index contributed by atoms with van der Waals surface area (Å²) in [7, 11) is 1.42. The SMILES string of the molecule is COC(=O)CCCC[C@@H]1O[C@H]1c1cccnc1. The molecule has 4 nitrogen and oxygen atoms in total. The Morgan fingerprint density at radius 3 is 3.12 bits per heavy atom. The van der Waals surface area contributed by atoms with Crippen molar-refractivity contribution in [3.05, 3.63) is 30.1 Å². The number of ether oxygens (including phenoxy) is 2. The summed E-state index contributed by atoms with van der Waals surface area (Å²) in [5.74, 6) is -0.134. The topological polar surface area (TPSA) is 51.7 Å². The minimum absolute atomic E-state index is 0.134. The molecule has 2 heterocycles. The Hall–Kier alpha value is -1.42. The van der Waals surface area contributed by atoms with Crippen molar-refractivity contribution in [2.75, 3.05) is 7.11 Å². The van der Waals surface area contributed by atoms with E-state index in [2.05, 4.69) is 9.72 Å². The van der Waals surface area contributed by atoms with E-state index in [1.807, 2.05) is 18.3 Å². The Kier molecular flexibility index (Phi) is 4.09. The quantitative estimate of drug-likeness (QED) is 0.431. The van der Waals surface area contributed by atoms with Crippen LogP contribution in [0, 0.1) is 0 Å². The zero-order valence-electron chi connectivity index (χ0n) is 9.96. The van der Waals surface area contributed by atoms with Crippen molar-refractivity contribution in [1.29, 1.82) is 0 Å². The first-order valence-electron chi connectivity index (χ1n) is 5.93. The van der Waals surface area contributed by atoms with Gasteiger partial charge in [0.25, 0.3) is 0 Å². The van der Waals surface area contributed by atoms with Crippen molar-refractivity contribution in [2.45, 2.75) is 37.9 Å². The van der Waals surface area contributed by atoms with Crippen molar-refractivity contribution < 1.29 is 14.3 Å². The summed E-state index contributed by atoms with van der Waals surface area (Å²) in [6, 6.07) is 3.96. The molecule has 1 fully saturated rings. The Labute approximate surface area is 101 Å². The first-order chi connectivity index (χ1) is 8.31. The number of pyridine rings is 1. The van der Waals surface area contributed by atoms with Crippen molar-refractivity contribution >= 4 is 5.97 Å². The fourth-order valence-electron chi connectivity index (χ4n) is 1.92. The monoisotopic (exact) mass is 235 g/mol. The second-order valence-corrected chi connectivity index (χ2v) is 4.20. The van der Waals surface area contributed by atoms with Gasteiger partial charge in [0.2, 0.25) is 0 Å². The summed E-state index contributed by atoms with van der Waals surface area (Å²) in [5.41, 5.74) is 1.14. The van der Waals surface area contributed by atoms with E-state index in [9.17, 15) is 4.79 Å². The maximum absolute atomic E-state index is 10.9. The van der Waals surface area contributed by atoms with Crippen LogP contribution in [-0.4, -0.2) is 24.2 Å². The van der Waals surface area contributed by atoms with E-state index >= 15 is 0 Å². The average Bonchev–Trinajstić information content (AvgIpc) is 3.15. The molecule has 0 unspecified atom stereocenters. The van der Waals surface area contributed by atoms with Crippen LogP contribution in [-0.2, 0) is 14.3 Å². The van der Waals surface area contributed by atoms with Gasteiger partial charge in [0.15, 0.2) is 0 Å². The summed E-state index contributed by atoms with van der Waals surface area (Å²) in [6.07, 6.45) is 7.48. The Morgan fingerprint density at radius 2 is 2.41 bits per heavy atom. The molecule has 0 radical (unpaired) electrons. The molecule has 1 aromatic heterocycles. The number of esters is 1. The fourth-order valence-corrected chi connectivity index (χ4v) is 1.92. The predicted molar refractivity (Wildman–Crippen MR) is 62.3 cm³/mol. The largest absolute Gasteiger partial charge is 0.469 e. The van der Waals surface area contributed by atoms with E-state index < -0.39 is 0 Å². The molecule has 0 aromatic carbocycles. The second-order valence-electron chi connectivity index (χ2n) is 4.20. The van der Waals surface area contributed by atoms with Gasteiger partial charge in [-0.1, -0.05) is 12.5 Å². The number of hydrogen-bond donors (Lipinski definition) is 0. The van der Waals surface area contributed by atoms with Crippen LogP contribution in [0.4, 0.5) is 0 Å². The van der Waals surface area contributed by atoms with Crippen LogP contribution >= 0.6 is 0 Å². The molecule has 2 atom stereocenters. The molecule has 0 spiro atoms. The third kappa shape index (κ3) is 3.53. The number of aromatic nitrogens is 1. The van der Waals surface area contributed by atoms with Crippen molar-refractivity contribution in [1.82, 2.24) is 4.98 Å². The van der Waals surface area contributed by atoms with Gasteiger partial charge in [-0.3, -0.25) is 9.78 Å². The molecule has 1 saturated heterocycles. The van der Waals surface area contributed by atoms with E-state index in [1.165, 1.54) is 7.11 Å². The van der Waals surface area contributed by atoms with Crippen LogP contribution in [0.15, 0.2) is 24.5 Å². The number of epoxide rings is 1. The standard InChI is InChI=1S/C13H17NO3/c1-16-12(15)7-3-2-6-11-13(17-11)10-5-4-8-14-9-10/h4-5,8-9,11,13H,2-3,6-7H2,1H3/t11-,13-/m0/s1. The molecule has 4 heteroatoms. The van der Waals surface area contributed by atoms with Gasteiger partial charge in [0, 0.05) is 24.4 Å². The molecule has 92 valence electrons. The predicted octanol–water partition coefficient (Wildman–Crippen LogP) is 2.25. The average molecular weight is 235 g/mol. The third-order valence-electron chi connectivity index (χ3n) is 2.94. The van der Waals surface area contributed by atoms with Gasteiger partial charge in [-0.05, 0) is 18.9 Å². The Bertz CT molecular complexity index is 366. The van der Waals surface area contributed by atoms with Crippen LogP contribution in [0.5, 0.6) is 0 Å². The second kappa shape index (κ2) is 5.77. The number of hydrogen-bond acceptors (Lipinski definition) is 4. The Morgan fingerprint density at radius 1 is 1.53 bits per heavy atom. The molecular formula is C13H17NO3. The summed E-state index contributed by atoms with van der Waals surface area (Å²) in [5, 5.41) is 0. The molecular weight excluding hydrogens is 218 g/mol. The number of nitrogens with zero attached hydrogens (tertiary/aromatic N) is 1. The van der Waals surface area contributed by atoms with Gasteiger partial charge in [-0.25, -0.2) is 0 Å². The normalized spacial score (nSPS) is 22.2. The molecule has 0 N–H and O–H groups in total. The van der Waals surface area contributed by atoms with Crippen LogP contribution in [0.3, 0.4) is 0 Å². The number of carbonyl (C=O) groups is 1. The minimum Gasteiger partial charge on any atom is -0.469 e. The molecule has 0 amide bonds. The molecule has 1 aromatic rings. The molecule has 1 aliphatic heterocycles. The molecule has 0 aliphatic carbocycles. The zero-order chi connectivity index (χ0) is 12.1. The van der Waals surface area contributed by atoms with Gasteiger partial charge < -0.3 is 9.47 Å². The van der Waals surface area contributed by atoms with Crippen LogP contribution in [0.2, 0.25) is 0 Å². The summed E-state index contributed by atoms with van der Waals surface area (Å²) >= 11 is 0. The van der Waals surface area contributed by atoms with E-state index in [0.717, 1.165) is 24.8 Å². The van der Waals surface area contributed by atoms with Gasteiger partial charge in [-0.2, -0.15) is 0 Å². The van der Waals surface area contributed by atoms with E-state index in [4.69, 9.17) is 4.74 Å². The number of carbonyl (C=O) groups excluding carboxylic acids is 1. The smallest absolute Gasteiger partial charge is 0.305 e. The van der Waals surface area contributed by atoms with Crippen molar-refractivity contribution in [3.8, 4) is 0 Å². The Balaban J connectivity index is 1.62. The van der Waals surface area contributed by atoms with Crippen molar-refractivity contribution in [2.24, 2.45) is 0 Å². The van der Waals surface area contributed by atoms with E-state index in [-0.39, 0.29) is 12.1 Å². The lowest BCUT2D eigenvalue weighted by Gasteiger charge is -1.98.